The first-order chi connectivity index (χ1) is 19.1. The van der Waals surface area contributed by atoms with Crippen LogP contribution in [0.5, 0.6) is 11.5 Å². The van der Waals surface area contributed by atoms with E-state index >= 15 is 0 Å². The number of rotatable bonds is 7. The highest BCUT2D eigenvalue weighted by atomic mass is 31.2. The van der Waals surface area contributed by atoms with Crippen molar-refractivity contribution in [1.29, 1.82) is 0 Å². The number of carbonyl (C=O) groups excluding carboxylic acids is 1. The summed E-state index contributed by atoms with van der Waals surface area (Å²) in [6.07, 6.45) is 2.04. The maximum absolute atomic E-state index is 13.8. The normalized spacial score (nSPS) is 12.6. The number of amides is 1. The summed E-state index contributed by atoms with van der Waals surface area (Å²) in [5.74, 6) is 0.689. The maximum atomic E-state index is 13.8. The summed E-state index contributed by atoms with van der Waals surface area (Å²) in [4.78, 5) is 15.5. The van der Waals surface area contributed by atoms with Gasteiger partial charge < -0.3 is 18.5 Å². The van der Waals surface area contributed by atoms with Crippen LogP contribution < -0.4 is 19.0 Å². The zero-order valence-electron chi connectivity index (χ0n) is 21.0. The van der Waals surface area contributed by atoms with Gasteiger partial charge in [0, 0.05) is 35.4 Å². The van der Waals surface area contributed by atoms with Crippen LogP contribution in [0.1, 0.15) is 21.6 Å². The fourth-order valence-electron chi connectivity index (χ4n) is 4.57. The number of fused-ring (bicyclic) bond motifs is 2. The number of para-hydroxylation sites is 3. The molecule has 1 aliphatic rings. The van der Waals surface area contributed by atoms with Crippen molar-refractivity contribution in [3.63, 3.8) is 0 Å². The van der Waals surface area contributed by atoms with Gasteiger partial charge in [-0.1, -0.05) is 54.6 Å². The van der Waals surface area contributed by atoms with Crippen LogP contribution in [0.3, 0.4) is 0 Å². The molecule has 0 fully saturated rings. The Morgan fingerprint density at radius 1 is 0.692 bits per heavy atom. The molecule has 0 radical (unpaired) electrons. The number of hydrogen-bond acceptors (Lipinski definition) is 4. The van der Waals surface area contributed by atoms with E-state index < -0.39 is 7.75 Å². The van der Waals surface area contributed by atoms with Crippen LogP contribution in [0.15, 0.2) is 128 Å². The molecule has 0 saturated heterocycles. The Kier molecular flexibility index (Phi) is 6.66. The van der Waals surface area contributed by atoms with Crippen molar-refractivity contribution >= 4 is 25.0 Å². The molecule has 0 aliphatic carbocycles. The number of nitrogens with zero attached hydrogens (tertiary/aromatic N) is 2. The number of hydrogen-bond donors (Lipinski definition) is 1. The molecule has 1 aromatic heterocycles. The van der Waals surface area contributed by atoms with Gasteiger partial charge in [-0.3, -0.25) is 9.88 Å². The first-order valence-corrected chi connectivity index (χ1v) is 14.1. The second kappa shape index (κ2) is 10.6. The van der Waals surface area contributed by atoms with Gasteiger partial charge in [0.15, 0.2) is 0 Å². The van der Waals surface area contributed by atoms with Crippen molar-refractivity contribution in [2.75, 3.05) is 9.99 Å². The van der Waals surface area contributed by atoms with Crippen molar-refractivity contribution in [2.45, 2.75) is 13.1 Å². The molecule has 1 N–H and O–H groups in total. The summed E-state index contributed by atoms with van der Waals surface area (Å²) in [6.45, 7) is 1.18. The fraction of sp³-hybridized carbons (Fsp3) is 0.0645. The van der Waals surface area contributed by atoms with Crippen molar-refractivity contribution < 1.29 is 18.4 Å². The minimum atomic E-state index is -3.88. The van der Waals surface area contributed by atoms with Gasteiger partial charge in [-0.25, -0.2) is 4.57 Å². The van der Waals surface area contributed by atoms with E-state index in [2.05, 4.69) is 15.7 Å². The SMILES string of the molecule is O=C(c1ccc(NP(=O)(Oc2ccccc2)Oc2ccccc2)cc1)N1Cc2cccn2Cc2ccccc21. The van der Waals surface area contributed by atoms with E-state index in [1.165, 1.54) is 0 Å². The van der Waals surface area contributed by atoms with Crippen LogP contribution >= 0.6 is 7.75 Å². The molecule has 5 aromatic rings. The van der Waals surface area contributed by atoms with E-state index in [1.807, 2.05) is 48.7 Å². The van der Waals surface area contributed by atoms with E-state index in [1.54, 1.807) is 77.7 Å². The largest absolute Gasteiger partial charge is 0.541 e. The highest BCUT2D eigenvalue weighted by molar-refractivity contribution is 7.56. The average molecular weight is 536 g/mol. The van der Waals surface area contributed by atoms with E-state index in [0.29, 0.717) is 35.8 Å². The lowest BCUT2D eigenvalue weighted by Gasteiger charge is -2.23. The minimum Gasteiger partial charge on any atom is -0.400 e. The van der Waals surface area contributed by atoms with E-state index in [9.17, 15) is 9.36 Å². The Morgan fingerprint density at radius 2 is 1.31 bits per heavy atom. The number of aromatic nitrogens is 1. The lowest BCUT2D eigenvalue weighted by Crippen LogP contribution is -2.30. The summed E-state index contributed by atoms with van der Waals surface area (Å²) in [5.41, 5.74) is 4.04. The smallest absolute Gasteiger partial charge is 0.400 e. The fourth-order valence-corrected chi connectivity index (χ4v) is 5.97. The predicted octanol–water partition coefficient (Wildman–Crippen LogP) is 7.37. The number of anilines is 2. The first-order valence-electron chi connectivity index (χ1n) is 12.6. The van der Waals surface area contributed by atoms with Gasteiger partial charge in [-0.05, 0) is 72.3 Å². The molecule has 2 heterocycles. The lowest BCUT2D eigenvalue weighted by atomic mass is 10.1. The number of benzene rings is 4. The van der Waals surface area contributed by atoms with Crippen molar-refractivity contribution in [3.05, 3.63) is 144 Å². The summed E-state index contributed by atoms with van der Waals surface area (Å²) >= 11 is 0. The van der Waals surface area contributed by atoms with Gasteiger partial charge in [0.1, 0.15) is 11.5 Å². The van der Waals surface area contributed by atoms with Crippen molar-refractivity contribution in [1.82, 2.24) is 4.57 Å². The Morgan fingerprint density at radius 3 is 1.97 bits per heavy atom. The number of nitrogens with one attached hydrogen (secondary N) is 1. The monoisotopic (exact) mass is 535 g/mol. The Balaban J connectivity index is 1.25. The quantitative estimate of drug-likeness (QED) is 0.220. The predicted molar refractivity (Wildman–Crippen MR) is 152 cm³/mol. The second-order valence-electron chi connectivity index (χ2n) is 9.14. The van der Waals surface area contributed by atoms with Crippen LogP contribution in [0.25, 0.3) is 0 Å². The maximum Gasteiger partial charge on any atom is 0.541 e. The van der Waals surface area contributed by atoms with Gasteiger partial charge >= 0.3 is 7.75 Å². The molecule has 1 aliphatic heterocycles. The van der Waals surface area contributed by atoms with Crippen LogP contribution in [0.4, 0.5) is 11.4 Å². The molecule has 0 saturated carbocycles. The molecule has 0 bridgehead atoms. The Labute approximate surface area is 226 Å². The van der Waals surface area contributed by atoms with Gasteiger partial charge in [-0.2, -0.15) is 0 Å². The van der Waals surface area contributed by atoms with Gasteiger partial charge in [0.25, 0.3) is 5.91 Å². The molecule has 0 spiro atoms. The summed E-state index contributed by atoms with van der Waals surface area (Å²) in [5, 5.41) is 2.92. The Hall–Kier alpha value is -4.74. The van der Waals surface area contributed by atoms with Crippen molar-refractivity contribution in [2.24, 2.45) is 0 Å². The number of carbonyl (C=O) groups is 1. The van der Waals surface area contributed by atoms with Crippen LogP contribution in [-0.4, -0.2) is 10.5 Å². The third-order valence-electron chi connectivity index (χ3n) is 6.45. The molecular formula is C31H26N3O4P. The van der Waals surface area contributed by atoms with Crippen LogP contribution in [0, 0.1) is 0 Å². The summed E-state index contributed by atoms with van der Waals surface area (Å²) in [7, 11) is -3.88. The first kappa shape index (κ1) is 24.6. The molecule has 0 atom stereocenters. The molecule has 194 valence electrons. The van der Waals surface area contributed by atoms with Gasteiger partial charge in [0.2, 0.25) is 0 Å². The molecule has 4 aromatic carbocycles. The van der Waals surface area contributed by atoms with E-state index in [4.69, 9.17) is 9.05 Å². The molecule has 7 nitrogen and oxygen atoms in total. The minimum absolute atomic E-state index is 0.118. The third kappa shape index (κ3) is 5.44. The topological polar surface area (TPSA) is 72.8 Å². The zero-order valence-corrected chi connectivity index (χ0v) is 21.9. The standard InChI is InChI=1S/C31H26N3O4P/c35-31(34-23-27-11-9-21-33(27)22-25-10-7-8-16-30(25)34)24-17-19-26(20-18-24)32-39(36,37-28-12-3-1-4-13-28)38-29-14-5-2-6-15-29/h1-21H,22-23H2,(H,32,36). The average Bonchev–Trinajstić information content (AvgIpc) is 3.33. The lowest BCUT2D eigenvalue weighted by molar-refractivity contribution is 0.0985. The van der Waals surface area contributed by atoms with E-state index in [-0.39, 0.29) is 5.91 Å². The zero-order chi connectivity index (χ0) is 26.7. The highest BCUT2D eigenvalue weighted by Crippen LogP contribution is 2.48. The van der Waals surface area contributed by atoms with Crippen LogP contribution in [-0.2, 0) is 17.7 Å². The van der Waals surface area contributed by atoms with Gasteiger partial charge in [0.05, 0.1) is 6.54 Å². The molecular weight excluding hydrogens is 509 g/mol. The highest BCUT2D eigenvalue weighted by Gasteiger charge is 2.30. The molecule has 39 heavy (non-hydrogen) atoms. The molecule has 8 heteroatoms. The molecule has 1 amide bonds. The summed E-state index contributed by atoms with van der Waals surface area (Å²) in [6, 6.07) is 36.5. The third-order valence-corrected chi connectivity index (χ3v) is 7.88. The summed E-state index contributed by atoms with van der Waals surface area (Å²) < 4.78 is 27.6. The van der Waals surface area contributed by atoms with Crippen molar-refractivity contribution in [3.8, 4) is 11.5 Å². The van der Waals surface area contributed by atoms with Crippen LogP contribution in [0.2, 0.25) is 0 Å². The second-order valence-corrected chi connectivity index (χ2v) is 10.7. The van der Waals surface area contributed by atoms with Gasteiger partial charge in [-0.15, -0.1) is 0 Å². The molecule has 6 rings (SSSR count). The Bertz CT molecular complexity index is 1590. The van der Waals surface area contributed by atoms with E-state index in [0.717, 1.165) is 16.9 Å². The molecule has 0 unspecified atom stereocenters.